The van der Waals surface area contributed by atoms with Crippen LogP contribution in [0.1, 0.15) is 18.7 Å². The maximum Gasteiger partial charge on any atom is 0.451 e. The summed E-state index contributed by atoms with van der Waals surface area (Å²) in [5, 5.41) is 2.64. The molecule has 2 heterocycles. The summed E-state index contributed by atoms with van der Waals surface area (Å²) in [6.45, 7) is 0. The van der Waals surface area contributed by atoms with E-state index in [0.29, 0.717) is 0 Å². The summed E-state index contributed by atoms with van der Waals surface area (Å²) in [6.07, 6.45) is -4.60. The normalized spacial score (nSPS) is 17.4. The fraction of sp³-hybridized carbons (Fsp3) is 0.417. The molecule has 0 unspecified atom stereocenters. The number of aromatic nitrogens is 5. The van der Waals surface area contributed by atoms with E-state index < -0.39 is 24.0 Å². The highest BCUT2D eigenvalue weighted by molar-refractivity contribution is 5.52. The summed E-state index contributed by atoms with van der Waals surface area (Å²) >= 11 is 0. The van der Waals surface area contributed by atoms with Crippen molar-refractivity contribution in [3.05, 3.63) is 18.1 Å². The number of nitrogen functional groups attached to an aromatic ring is 1. The van der Waals surface area contributed by atoms with Crippen LogP contribution in [0.25, 0.3) is 11.5 Å². The van der Waals surface area contributed by atoms with E-state index in [0.717, 1.165) is 6.20 Å². The second-order valence-corrected chi connectivity index (χ2v) is 5.21. The maximum absolute atomic E-state index is 12.8. The highest BCUT2D eigenvalue weighted by Crippen LogP contribution is 2.38. The predicted molar refractivity (Wildman–Crippen MR) is 71.9 cm³/mol. The first-order valence-corrected chi connectivity index (χ1v) is 6.69. The van der Waals surface area contributed by atoms with Crippen LogP contribution in [-0.2, 0) is 6.18 Å². The minimum absolute atomic E-state index is 0.106. The van der Waals surface area contributed by atoms with Crippen molar-refractivity contribution in [1.82, 2.24) is 24.9 Å². The lowest BCUT2D eigenvalue weighted by molar-refractivity contribution is -0.144. The van der Waals surface area contributed by atoms with Gasteiger partial charge >= 0.3 is 6.18 Å². The van der Waals surface area contributed by atoms with Crippen molar-refractivity contribution in [2.75, 3.05) is 11.1 Å². The average Bonchev–Trinajstić information content (AvgIpc) is 2.44. The van der Waals surface area contributed by atoms with Crippen molar-refractivity contribution in [3.63, 3.8) is 0 Å². The van der Waals surface area contributed by atoms with Crippen LogP contribution < -0.4 is 11.1 Å². The van der Waals surface area contributed by atoms with Gasteiger partial charge in [-0.3, -0.25) is 0 Å². The summed E-state index contributed by atoms with van der Waals surface area (Å²) in [5.41, 5.74) is 5.28. The molecular formula is C12H10F5N7. The van der Waals surface area contributed by atoms with E-state index in [1.807, 2.05) is 0 Å². The van der Waals surface area contributed by atoms with Gasteiger partial charge in [0.1, 0.15) is 5.69 Å². The number of nitrogens with two attached hydrogens (primary N) is 1. The quantitative estimate of drug-likeness (QED) is 0.820. The number of hydrogen-bond donors (Lipinski definition) is 2. The zero-order chi connectivity index (χ0) is 17.5. The van der Waals surface area contributed by atoms with Gasteiger partial charge in [0.2, 0.25) is 17.7 Å². The SMILES string of the molecule is Nc1nc(NC2CC(F)(F)C2)nc(-c2ccnc(C(F)(F)F)n2)n1. The Balaban J connectivity index is 1.86. The zero-order valence-electron chi connectivity index (χ0n) is 11.8. The topological polar surface area (TPSA) is 102 Å². The van der Waals surface area contributed by atoms with Crippen LogP contribution in [0, 0.1) is 0 Å². The molecule has 0 aliphatic heterocycles. The van der Waals surface area contributed by atoms with Gasteiger partial charge in [0, 0.05) is 25.1 Å². The van der Waals surface area contributed by atoms with Crippen molar-refractivity contribution in [1.29, 1.82) is 0 Å². The molecule has 0 saturated heterocycles. The number of alkyl halides is 5. The molecule has 0 aromatic carbocycles. The van der Waals surface area contributed by atoms with Crippen LogP contribution in [0.4, 0.5) is 33.8 Å². The maximum atomic E-state index is 12.8. The standard InChI is InChI=1S/C12H10F5N7/c13-11(14)3-5(4-11)20-10-23-7(22-9(18)24-10)6-1-2-19-8(21-6)12(15,16)17/h1-2,5H,3-4H2,(H3,18,20,22,23,24). The molecule has 0 bridgehead atoms. The molecule has 1 aliphatic carbocycles. The molecule has 2 aromatic heterocycles. The smallest absolute Gasteiger partial charge is 0.368 e. The molecule has 12 heteroatoms. The lowest BCUT2D eigenvalue weighted by Crippen LogP contribution is -2.44. The molecular weight excluding hydrogens is 337 g/mol. The highest BCUT2D eigenvalue weighted by Gasteiger charge is 2.45. The molecule has 0 amide bonds. The molecule has 3 N–H and O–H groups in total. The average molecular weight is 347 g/mol. The van der Waals surface area contributed by atoms with Crippen molar-refractivity contribution < 1.29 is 22.0 Å². The fourth-order valence-electron chi connectivity index (χ4n) is 2.14. The number of anilines is 2. The Morgan fingerprint density at radius 1 is 1.12 bits per heavy atom. The highest BCUT2D eigenvalue weighted by atomic mass is 19.4. The molecule has 1 fully saturated rings. The molecule has 3 rings (SSSR count). The Morgan fingerprint density at radius 3 is 2.46 bits per heavy atom. The van der Waals surface area contributed by atoms with E-state index in [1.165, 1.54) is 6.07 Å². The van der Waals surface area contributed by atoms with E-state index in [4.69, 9.17) is 5.73 Å². The number of halogens is 5. The van der Waals surface area contributed by atoms with Gasteiger partial charge in [0.25, 0.3) is 5.92 Å². The Morgan fingerprint density at radius 2 is 1.83 bits per heavy atom. The Kier molecular flexibility index (Phi) is 3.68. The van der Waals surface area contributed by atoms with Gasteiger partial charge in [-0.2, -0.15) is 28.1 Å². The third kappa shape index (κ3) is 3.46. The van der Waals surface area contributed by atoms with Crippen molar-refractivity contribution in [2.45, 2.75) is 31.0 Å². The van der Waals surface area contributed by atoms with Crippen LogP contribution >= 0.6 is 0 Å². The predicted octanol–water partition coefficient (Wildman–Crippen LogP) is 2.14. The monoisotopic (exact) mass is 347 g/mol. The molecule has 1 saturated carbocycles. The summed E-state index contributed by atoms with van der Waals surface area (Å²) in [7, 11) is 0. The van der Waals surface area contributed by atoms with Gasteiger partial charge in [-0.05, 0) is 6.07 Å². The molecule has 1 aliphatic rings. The minimum Gasteiger partial charge on any atom is -0.368 e. The van der Waals surface area contributed by atoms with Gasteiger partial charge in [-0.15, -0.1) is 0 Å². The van der Waals surface area contributed by atoms with E-state index >= 15 is 0 Å². The third-order valence-corrected chi connectivity index (χ3v) is 3.21. The lowest BCUT2D eigenvalue weighted by atomic mass is 9.88. The van der Waals surface area contributed by atoms with Crippen molar-refractivity contribution in [3.8, 4) is 11.5 Å². The second kappa shape index (κ2) is 5.46. The molecule has 2 aromatic rings. The van der Waals surface area contributed by atoms with E-state index in [1.54, 1.807) is 0 Å². The van der Waals surface area contributed by atoms with Crippen molar-refractivity contribution in [2.24, 2.45) is 0 Å². The second-order valence-electron chi connectivity index (χ2n) is 5.21. The van der Waals surface area contributed by atoms with Gasteiger partial charge in [-0.25, -0.2) is 18.7 Å². The molecule has 0 spiro atoms. The van der Waals surface area contributed by atoms with E-state index in [-0.39, 0.29) is 36.3 Å². The summed E-state index contributed by atoms with van der Waals surface area (Å²) in [5.74, 6) is -4.70. The first-order chi connectivity index (χ1) is 11.1. The fourth-order valence-corrected chi connectivity index (χ4v) is 2.14. The van der Waals surface area contributed by atoms with Crippen LogP contribution in [0.15, 0.2) is 12.3 Å². The summed E-state index contributed by atoms with van der Waals surface area (Å²) in [4.78, 5) is 17.8. The van der Waals surface area contributed by atoms with Crippen molar-refractivity contribution >= 4 is 11.9 Å². The largest absolute Gasteiger partial charge is 0.451 e. The minimum atomic E-state index is -4.73. The summed E-state index contributed by atoms with van der Waals surface area (Å²) in [6, 6.07) is 0.622. The van der Waals surface area contributed by atoms with Crippen LogP contribution in [0.2, 0.25) is 0 Å². The lowest BCUT2D eigenvalue weighted by Gasteiger charge is -2.35. The van der Waals surface area contributed by atoms with Crippen LogP contribution in [0.3, 0.4) is 0 Å². The first kappa shape index (κ1) is 16.2. The van der Waals surface area contributed by atoms with Gasteiger partial charge in [-0.1, -0.05) is 0 Å². The molecule has 0 radical (unpaired) electrons. The third-order valence-electron chi connectivity index (χ3n) is 3.21. The van der Waals surface area contributed by atoms with Gasteiger partial charge in [0.05, 0.1) is 0 Å². The molecule has 24 heavy (non-hydrogen) atoms. The zero-order valence-corrected chi connectivity index (χ0v) is 11.8. The first-order valence-electron chi connectivity index (χ1n) is 6.69. The number of rotatable bonds is 3. The number of nitrogens with zero attached hydrogens (tertiary/aromatic N) is 5. The molecule has 0 atom stereocenters. The van der Waals surface area contributed by atoms with E-state index in [9.17, 15) is 22.0 Å². The Bertz CT molecular complexity index is 756. The van der Waals surface area contributed by atoms with Gasteiger partial charge in [0.15, 0.2) is 5.82 Å². The number of nitrogens with one attached hydrogen (secondary N) is 1. The Labute approximate surface area is 131 Å². The van der Waals surface area contributed by atoms with Crippen LogP contribution in [-0.4, -0.2) is 36.9 Å². The van der Waals surface area contributed by atoms with Gasteiger partial charge < -0.3 is 11.1 Å². The molecule has 128 valence electrons. The molecule has 7 nitrogen and oxygen atoms in total. The van der Waals surface area contributed by atoms with E-state index in [2.05, 4.69) is 30.2 Å². The number of hydrogen-bond acceptors (Lipinski definition) is 7. The summed E-state index contributed by atoms with van der Waals surface area (Å²) < 4.78 is 63.6. The Hall–Kier alpha value is -2.66. The van der Waals surface area contributed by atoms with Crippen LogP contribution in [0.5, 0.6) is 0 Å².